The van der Waals surface area contributed by atoms with Crippen molar-refractivity contribution in [1.29, 1.82) is 0 Å². The minimum absolute atomic E-state index is 0.00621. The molecule has 0 radical (unpaired) electrons. The molecule has 1 saturated heterocycles. The normalized spacial score (nSPS) is 14.2. The predicted octanol–water partition coefficient (Wildman–Crippen LogP) is 3.63. The summed E-state index contributed by atoms with van der Waals surface area (Å²) in [6.07, 6.45) is 6.87. The molecule has 0 saturated carbocycles. The second-order valence-corrected chi connectivity index (χ2v) is 7.28. The van der Waals surface area contributed by atoms with Gasteiger partial charge in [-0.3, -0.25) is 9.78 Å². The Morgan fingerprint density at radius 3 is 2.47 bits per heavy atom. The summed E-state index contributed by atoms with van der Waals surface area (Å²) in [7, 11) is 0. The molecule has 7 nitrogen and oxygen atoms in total. The van der Waals surface area contributed by atoms with Gasteiger partial charge in [-0.15, -0.1) is 10.2 Å². The number of amides is 1. The molecule has 3 heterocycles. The summed E-state index contributed by atoms with van der Waals surface area (Å²) in [4.78, 5) is 20.5. The zero-order valence-corrected chi connectivity index (χ0v) is 17.0. The maximum absolute atomic E-state index is 12.5. The molecule has 0 spiro atoms. The number of anilines is 3. The topological polar surface area (TPSA) is 74.2 Å². The van der Waals surface area contributed by atoms with E-state index >= 15 is 0 Å². The van der Waals surface area contributed by atoms with Crippen LogP contribution in [0.15, 0.2) is 67.0 Å². The van der Waals surface area contributed by atoms with Gasteiger partial charge in [-0.1, -0.05) is 23.7 Å². The lowest BCUT2D eigenvalue weighted by molar-refractivity contribution is -0.126. The molecule has 1 aromatic carbocycles. The second kappa shape index (κ2) is 9.37. The monoisotopic (exact) mass is 420 g/mol. The van der Waals surface area contributed by atoms with Crippen LogP contribution < -0.4 is 10.2 Å². The van der Waals surface area contributed by atoms with Crippen molar-refractivity contribution in [3.63, 3.8) is 0 Å². The van der Waals surface area contributed by atoms with Crippen molar-refractivity contribution in [2.45, 2.75) is 0 Å². The third-order valence-corrected chi connectivity index (χ3v) is 5.04. The first-order valence-electron chi connectivity index (χ1n) is 9.66. The third kappa shape index (κ3) is 5.12. The van der Waals surface area contributed by atoms with E-state index in [2.05, 4.69) is 25.4 Å². The molecule has 152 valence electrons. The molecule has 0 bridgehead atoms. The Morgan fingerprint density at radius 2 is 1.80 bits per heavy atom. The Labute approximate surface area is 180 Å². The lowest BCUT2D eigenvalue weighted by Crippen LogP contribution is -2.48. The minimum Gasteiger partial charge on any atom is -0.352 e. The molecule has 8 heteroatoms. The van der Waals surface area contributed by atoms with Crippen LogP contribution in [0.3, 0.4) is 0 Å². The van der Waals surface area contributed by atoms with E-state index in [1.165, 1.54) is 0 Å². The highest BCUT2D eigenvalue weighted by atomic mass is 35.5. The van der Waals surface area contributed by atoms with E-state index in [-0.39, 0.29) is 5.91 Å². The fourth-order valence-corrected chi connectivity index (χ4v) is 3.27. The van der Waals surface area contributed by atoms with Gasteiger partial charge in [0.1, 0.15) is 0 Å². The molecule has 1 aliphatic rings. The highest BCUT2D eigenvalue weighted by Gasteiger charge is 2.20. The molecule has 0 atom stereocenters. The summed E-state index contributed by atoms with van der Waals surface area (Å²) in [5.74, 6) is 1.47. The largest absolute Gasteiger partial charge is 0.352 e. The average Bonchev–Trinajstić information content (AvgIpc) is 2.80. The molecule has 4 rings (SSSR count). The molecule has 30 heavy (non-hydrogen) atoms. The fraction of sp³-hybridized carbons (Fsp3) is 0.182. The van der Waals surface area contributed by atoms with Crippen molar-refractivity contribution in [2.75, 3.05) is 36.4 Å². The number of nitrogens with one attached hydrogen (secondary N) is 1. The van der Waals surface area contributed by atoms with E-state index in [0.29, 0.717) is 37.0 Å². The Kier molecular flexibility index (Phi) is 6.20. The number of benzene rings is 1. The van der Waals surface area contributed by atoms with Crippen LogP contribution >= 0.6 is 11.6 Å². The van der Waals surface area contributed by atoms with Crippen LogP contribution in [0.25, 0.3) is 6.08 Å². The van der Waals surface area contributed by atoms with Gasteiger partial charge in [0.2, 0.25) is 5.91 Å². The Balaban J connectivity index is 1.29. The summed E-state index contributed by atoms with van der Waals surface area (Å²) in [5.41, 5.74) is 1.81. The molecule has 3 aromatic rings. The van der Waals surface area contributed by atoms with Crippen molar-refractivity contribution in [2.24, 2.45) is 0 Å². The average molecular weight is 421 g/mol. The van der Waals surface area contributed by atoms with Gasteiger partial charge in [-0.2, -0.15) is 0 Å². The second-order valence-electron chi connectivity index (χ2n) is 6.84. The zero-order chi connectivity index (χ0) is 20.8. The minimum atomic E-state index is 0.00621. The molecule has 1 N–H and O–H groups in total. The lowest BCUT2D eigenvalue weighted by Gasteiger charge is -2.34. The van der Waals surface area contributed by atoms with Crippen LogP contribution in [0.4, 0.5) is 17.3 Å². The summed E-state index contributed by atoms with van der Waals surface area (Å²) in [6.45, 7) is 2.71. The Morgan fingerprint density at radius 1 is 1.00 bits per heavy atom. The van der Waals surface area contributed by atoms with Gasteiger partial charge < -0.3 is 15.1 Å². The lowest BCUT2D eigenvalue weighted by atomic mass is 10.2. The molecule has 1 aliphatic heterocycles. The zero-order valence-electron chi connectivity index (χ0n) is 16.3. The Hall–Kier alpha value is -3.45. The van der Waals surface area contributed by atoms with Crippen LogP contribution in [-0.2, 0) is 4.79 Å². The summed E-state index contributed by atoms with van der Waals surface area (Å²) >= 11 is 5.89. The van der Waals surface area contributed by atoms with Crippen molar-refractivity contribution in [1.82, 2.24) is 20.1 Å². The van der Waals surface area contributed by atoms with E-state index < -0.39 is 0 Å². The first-order valence-corrected chi connectivity index (χ1v) is 10.0. The number of pyridine rings is 1. The number of nitrogens with zero attached hydrogens (tertiary/aromatic N) is 5. The highest BCUT2D eigenvalue weighted by molar-refractivity contribution is 6.30. The van der Waals surface area contributed by atoms with Gasteiger partial charge in [-0.05, 0) is 48.0 Å². The highest BCUT2D eigenvalue weighted by Crippen LogP contribution is 2.17. The van der Waals surface area contributed by atoms with E-state index in [4.69, 9.17) is 11.6 Å². The van der Waals surface area contributed by atoms with Crippen molar-refractivity contribution in [3.8, 4) is 0 Å². The molecular weight excluding hydrogens is 400 g/mol. The SMILES string of the molecule is O=C(/C=C/c1ccc(Cl)cc1)N1CCN(c2ccc(Nc3cccnc3)nn2)CC1. The molecule has 1 fully saturated rings. The quantitative estimate of drug-likeness (QED) is 0.635. The number of hydrogen-bond acceptors (Lipinski definition) is 6. The van der Waals surface area contributed by atoms with Gasteiger partial charge in [0, 0.05) is 43.5 Å². The van der Waals surface area contributed by atoms with Crippen LogP contribution in [0, 0.1) is 0 Å². The van der Waals surface area contributed by atoms with E-state index in [0.717, 1.165) is 17.1 Å². The molecular formula is C22H21ClN6O. The van der Waals surface area contributed by atoms with Crippen LogP contribution in [0.5, 0.6) is 0 Å². The van der Waals surface area contributed by atoms with Crippen LogP contribution in [0.2, 0.25) is 5.02 Å². The number of hydrogen-bond donors (Lipinski definition) is 1. The van der Waals surface area contributed by atoms with E-state index in [9.17, 15) is 4.79 Å². The summed E-state index contributed by atoms with van der Waals surface area (Å²) < 4.78 is 0. The van der Waals surface area contributed by atoms with Gasteiger partial charge in [0.15, 0.2) is 11.6 Å². The van der Waals surface area contributed by atoms with Gasteiger partial charge in [0.25, 0.3) is 0 Å². The number of carbonyl (C=O) groups is 1. The first-order chi connectivity index (χ1) is 14.7. The first kappa shape index (κ1) is 19.8. The maximum atomic E-state index is 12.5. The Bertz CT molecular complexity index is 1000. The fourth-order valence-electron chi connectivity index (χ4n) is 3.15. The molecule has 1 amide bonds. The van der Waals surface area contributed by atoms with Gasteiger partial charge in [-0.25, -0.2) is 0 Å². The summed E-state index contributed by atoms with van der Waals surface area (Å²) in [5, 5.41) is 12.4. The van der Waals surface area contributed by atoms with Crippen LogP contribution in [-0.4, -0.2) is 52.2 Å². The number of carbonyl (C=O) groups excluding carboxylic acids is 1. The summed E-state index contributed by atoms with van der Waals surface area (Å²) in [6, 6.07) is 15.0. The van der Waals surface area contributed by atoms with Crippen molar-refractivity contribution in [3.05, 3.63) is 77.6 Å². The molecule has 0 aliphatic carbocycles. The van der Waals surface area contributed by atoms with Crippen LogP contribution in [0.1, 0.15) is 5.56 Å². The number of halogens is 1. The van der Waals surface area contributed by atoms with Gasteiger partial charge >= 0.3 is 0 Å². The van der Waals surface area contributed by atoms with E-state index in [1.54, 1.807) is 18.5 Å². The van der Waals surface area contributed by atoms with Crippen molar-refractivity contribution >= 4 is 40.9 Å². The van der Waals surface area contributed by atoms with Crippen molar-refractivity contribution < 1.29 is 4.79 Å². The van der Waals surface area contributed by atoms with Gasteiger partial charge in [0.05, 0.1) is 11.9 Å². The number of piperazine rings is 1. The van der Waals surface area contributed by atoms with E-state index in [1.807, 2.05) is 59.5 Å². The number of rotatable bonds is 5. The maximum Gasteiger partial charge on any atom is 0.246 e. The molecule has 2 aromatic heterocycles. The third-order valence-electron chi connectivity index (χ3n) is 4.79. The predicted molar refractivity (Wildman–Crippen MR) is 119 cm³/mol. The standard InChI is InChI=1S/C22H21ClN6O/c23-18-6-3-17(4-7-18)5-10-22(30)29-14-12-28(13-15-29)21-9-8-20(26-27-21)25-19-2-1-11-24-16-19/h1-11,16H,12-15H2,(H,25,26)/b10-5+. The number of aromatic nitrogens is 3. The smallest absolute Gasteiger partial charge is 0.246 e. The molecule has 0 unspecified atom stereocenters.